The molecule has 1 atom stereocenters. The van der Waals surface area contributed by atoms with Crippen molar-refractivity contribution in [1.82, 2.24) is 0 Å². The van der Waals surface area contributed by atoms with E-state index in [9.17, 15) is 13.2 Å². The average molecular weight is 231 g/mol. The normalized spacial score (nSPS) is 14.4. The van der Waals surface area contributed by atoms with Crippen LogP contribution in [0.2, 0.25) is 0 Å². The van der Waals surface area contributed by atoms with Crippen LogP contribution in [-0.4, -0.2) is 48.4 Å². The van der Waals surface area contributed by atoms with E-state index in [2.05, 4.69) is 0 Å². The third-order valence-corrected chi connectivity index (χ3v) is 2.26. The topological polar surface area (TPSA) is 97.5 Å². The van der Waals surface area contributed by atoms with E-state index in [4.69, 9.17) is 10.3 Å². The van der Waals surface area contributed by atoms with Crippen molar-refractivity contribution in [3.63, 3.8) is 0 Å². The molecule has 0 saturated carbocycles. The number of carbonyl (C=O) groups is 1. The number of hydrogen-bond donors (Lipinski definition) is 2. The van der Waals surface area contributed by atoms with Crippen molar-refractivity contribution in [3.05, 3.63) is 11.0 Å². The Morgan fingerprint density at radius 2 is 2.00 bits per heavy atom. The van der Waals surface area contributed by atoms with Crippen molar-refractivity contribution in [2.75, 3.05) is 0 Å². The quantitative estimate of drug-likeness (QED) is 0.392. The summed E-state index contributed by atoms with van der Waals surface area (Å²) in [7, 11) is -4.29. The van der Waals surface area contributed by atoms with Gasteiger partial charge in [-0.25, -0.2) is 0 Å². The summed E-state index contributed by atoms with van der Waals surface area (Å²) < 4.78 is 29.3. The first-order valence-corrected chi connectivity index (χ1v) is 5.27. The third-order valence-electron chi connectivity index (χ3n) is 1.70. The number of carbonyl (C=O) groups excluding carboxylic acids is 1. The Hall–Kier alpha value is 0.120. The Bertz CT molecular complexity index is 323. The number of amides is 1. The van der Waals surface area contributed by atoms with Crippen LogP contribution in [-0.2, 0) is 14.9 Å². The Kier molecular flexibility index (Phi) is 7.77. The molecule has 0 bridgehead atoms. The van der Waals surface area contributed by atoms with E-state index >= 15 is 0 Å². The summed E-state index contributed by atoms with van der Waals surface area (Å²) in [5.74, 6) is -1.11. The van der Waals surface area contributed by atoms with Gasteiger partial charge in [-0.05, 0) is 12.3 Å². The summed E-state index contributed by atoms with van der Waals surface area (Å²) in [5.41, 5.74) is 4.86. The van der Waals surface area contributed by atoms with Gasteiger partial charge in [0, 0.05) is 5.57 Å². The van der Waals surface area contributed by atoms with Gasteiger partial charge >= 0.3 is 29.6 Å². The molecule has 0 heterocycles. The molecule has 5 nitrogen and oxygen atoms in total. The van der Waals surface area contributed by atoms with Gasteiger partial charge < -0.3 is 5.73 Å². The average Bonchev–Trinajstić information content (AvgIpc) is 1.96. The van der Waals surface area contributed by atoms with Crippen LogP contribution in [0.1, 0.15) is 20.3 Å². The fraction of sp³-hybridized carbons (Fsp3) is 0.571. The number of nitrogens with two attached hydrogens (primary N) is 1. The van der Waals surface area contributed by atoms with Crippen LogP contribution in [0.4, 0.5) is 0 Å². The van der Waals surface area contributed by atoms with Gasteiger partial charge in [0.05, 0.1) is 5.41 Å². The molecule has 0 aromatic heterocycles. The molecule has 0 aliphatic rings. The molecule has 78 valence electrons. The van der Waals surface area contributed by atoms with Crippen molar-refractivity contribution in [1.29, 1.82) is 0 Å². The zero-order chi connectivity index (χ0) is 10.6. The molecule has 3 N–H and O–H groups in total. The summed E-state index contributed by atoms with van der Waals surface area (Å²) in [6.45, 7) is 3.44. The summed E-state index contributed by atoms with van der Waals surface area (Å²) in [6, 6.07) is 0. The summed E-state index contributed by atoms with van der Waals surface area (Å²) in [5, 5.41) is 0.503. The molecule has 0 fully saturated rings. The van der Waals surface area contributed by atoms with E-state index in [-0.39, 0.29) is 41.0 Å². The number of hydrogen-bond acceptors (Lipinski definition) is 3. The van der Waals surface area contributed by atoms with E-state index < -0.39 is 16.0 Å². The van der Waals surface area contributed by atoms with E-state index in [1.807, 2.05) is 0 Å². The van der Waals surface area contributed by atoms with Crippen LogP contribution in [0.3, 0.4) is 0 Å². The Morgan fingerprint density at radius 1 is 1.57 bits per heavy atom. The standard InChI is InChI=1S/C7H13NO4S.Na.H/c1-3-5(2)6(7(8)9)4-13(10,11)12;;/h4-5H,3H2,1-2H3,(H2,8,9)(H,10,11,12);;. The van der Waals surface area contributed by atoms with Crippen molar-refractivity contribution in [3.8, 4) is 0 Å². The summed E-state index contributed by atoms with van der Waals surface area (Å²) in [4.78, 5) is 10.8. The first-order valence-electron chi connectivity index (χ1n) is 3.76. The third kappa shape index (κ3) is 6.56. The molecule has 0 aliphatic heterocycles. The van der Waals surface area contributed by atoms with Crippen LogP contribution in [0, 0.1) is 5.92 Å². The molecule has 0 saturated heterocycles. The van der Waals surface area contributed by atoms with E-state index in [1.165, 1.54) is 0 Å². The minimum absolute atomic E-state index is 0. The van der Waals surface area contributed by atoms with Crippen molar-refractivity contribution < 1.29 is 17.8 Å². The molecule has 0 aromatic rings. The molecule has 0 aromatic carbocycles. The first-order chi connectivity index (χ1) is 5.78. The molecule has 0 rings (SSSR count). The van der Waals surface area contributed by atoms with Gasteiger partial charge in [0.25, 0.3) is 10.1 Å². The Labute approximate surface area is 106 Å². The van der Waals surface area contributed by atoms with Gasteiger partial charge in [-0.2, -0.15) is 8.42 Å². The Balaban J connectivity index is 0. The summed E-state index contributed by atoms with van der Waals surface area (Å²) in [6.07, 6.45) is 0.574. The Morgan fingerprint density at radius 3 is 2.21 bits per heavy atom. The van der Waals surface area contributed by atoms with E-state index in [0.717, 1.165) is 0 Å². The maximum atomic E-state index is 10.8. The SMILES string of the molecule is CCC(C)C(=CS(=O)(=O)O)C(N)=O.[NaH]. The minimum atomic E-state index is -4.29. The molecule has 0 spiro atoms. The van der Waals surface area contributed by atoms with Crippen molar-refractivity contribution in [2.45, 2.75) is 20.3 Å². The van der Waals surface area contributed by atoms with Gasteiger partial charge in [0.15, 0.2) is 0 Å². The zero-order valence-corrected chi connectivity index (χ0v) is 8.34. The number of rotatable bonds is 4. The van der Waals surface area contributed by atoms with Crippen LogP contribution in [0.25, 0.3) is 0 Å². The molecule has 1 amide bonds. The predicted molar refractivity (Wildman–Crippen MR) is 55.4 cm³/mol. The number of primary amides is 1. The van der Waals surface area contributed by atoms with Crippen molar-refractivity contribution >= 4 is 45.6 Å². The molecular weight excluding hydrogens is 217 g/mol. The fourth-order valence-corrected chi connectivity index (χ4v) is 1.47. The van der Waals surface area contributed by atoms with Gasteiger partial charge in [-0.1, -0.05) is 13.8 Å². The van der Waals surface area contributed by atoms with Crippen molar-refractivity contribution in [2.24, 2.45) is 11.7 Å². The molecule has 7 heteroatoms. The van der Waals surface area contributed by atoms with E-state index in [1.54, 1.807) is 13.8 Å². The summed E-state index contributed by atoms with van der Waals surface area (Å²) >= 11 is 0. The van der Waals surface area contributed by atoms with Crippen LogP contribution >= 0.6 is 0 Å². The first kappa shape index (κ1) is 16.5. The monoisotopic (exact) mass is 231 g/mol. The van der Waals surface area contributed by atoms with Gasteiger partial charge in [-0.3, -0.25) is 9.35 Å². The van der Waals surface area contributed by atoms with Crippen LogP contribution in [0.5, 0.6) is 0 Å². The van der Waals surface area contributed by atoms with E-state index in [0.29, 0.717) is 11.8 Å². The second-order valence-corrected chi connectivity index (χ2v) is 4.03. The van der Waals surface area contributed by atoms with Crippen LogP contribution in [0.15, 0.2) is 11.0 Å². The molecular formula is C7H14NNaO4S. The van der Waals surface area contributed by atoms with Gasteiger partial charge in [-0.15, -0.1) is 0 Å². The van der Waals surface area contributed by atoms with Gasteiger partial charge in [0.2, 0.25) is 5.91 Å². The second-order valence-electron chi connectivity index (χ2n) is 2.76. The molecule has 1 unspecified atom stereocenters. The fourth-order valence-electron chi connectivity index (χ4n) is 0.797. The molecule has 0 aliphatic carbocycles. The molecule has 0 radical (unpaired) electrons. The predicted octanol–water partition coefficient (Wildman–Crippen LogP) is -0.359. The second kappa shape index (κ2) is 6.58. The maximum absolute atomic E-state index is 10.8. The zero-order valence-electron chi connectivity index (χ0n) is 7.52. The van der Waals surface area contributed by atoms with Gasteiger partial charge in [0.1, 0.15) is 0 Å². The molecule has 14 heavy (non-hydrogen) atoms. The van der Waals surface area contributed by atoms with Crippen LogP contribution < -0.4 is 5.73 Å².